The van der Waals surface area contributed by atoms with Crippen molar-refractivity contribution in [3.63, 3.8) is 0 Å². The Balaban J connectivity index is 2.11. The van der Waals surface area contributed by atoms with E-state index in [0.717, 1.165) is 29.6 Å². The van der Waals surface area contributed by atoms with Gasteiger partial charge in [0.2, 0.25) is 5.13 Å². The number of rotatable bonds is 6. The van der Waals surface area contributed by atoms with Gasteiger partial charge in [-0.3, -0.25) is 0 Å². The lowest BCUT2D eigenvalue weighted by Crippen LogP contribution is -2.31. The summed E-state index contributed by atoms with van der Waals surface area (Å²) in [4.78, 5) is 8.75. The third kappa shape index (κ3) is 4.25. The number of hydrogen-bond donors (Lipinski definition) is 0. The molecule has 0 bridgehead atoms. The largest absolute Gasteiger partial charge is 0.341 e. The lowest BCUT2D eigenvalue weighted by molar-refractivity contribution is 0.412. The summed E-state index contributed by atoms with van der Waals surface area (Å²) in [6.45, 7) is 4.39. The van der Waals surface area contributed by atoms with Crippen molar-refractivity contribution in [1.82, 2.24) is 14.3 Å². The van der Waals surface area contributed by atoms with Crippen molar-refractivity contribution in [3.05, 3.63) is 41.5 Å². The maximum Gasteiger partial charge on any atom is 0.205 e. The molecule has 0 aliphatic rings. The van der Waals surface area contributed by atoms with E-state index in [4.69, 9.17) is 0 Å². The van der Waals surface area contributed by atoms with Crippen LogP contribution in [0.5, 0.6) is 0 Å². The van der Waals surface area contributed by atoms with Crippen LogP contribution in [-0.4, -0.2) is 41.4 Å². The Bertz CT molecular complexity index is 538. The van der Waals surface area contributed by atoms with Crippen molar-refractivity contribution in [3.8, 4) is 0 Å². The van der Waals surface area contributed by atoms with E-state index in [-0.39, 0.29) is 5.82 Å². The number of hydrogen-bond acceptors (Lipinski definition) is 5. The van der Waals surface area contributed by atoms with Gasteiger partial charge in [-0.2, -0.15) is 4.37 Å². The molecule has 0 unspecified atom stereocenters. The zero-order valence-corrected chi connectivity index (χ0v) is 12.8. The van der Waals surface area contributed by atoms with Crippen molar-refractivity contribution in [2.75, 3.05) is 32.1 Å². The SMILES string of the molecule is Cc1nsc(N(CCN(C)C)Cc2ccc(F)cc2)n1. The molecule has 0 saturated carbocycles. The molecular formula is C14H19FN4S. The predicted octanol–water partition coefficient (Wildman–Crippen LogP) is 2.55. The van der Waals surface area contributed by atoms with Crippen LogP contribution in [0, 0.1) is 12.7 Å². The average molecular weight is 294 g/mol. The number of nitrogens with zero attached hydrogens (tertiary/aromatic N) is 4. The van der Waals surface area contributed by atoms with E-state index in [1.165, 1.54) is 23.7 Å². The second-order valence-corrected chi connectivity index (χ2v) is 5.71. The molecule has 0 aliphatic heterocycles. The topological polar surface area (TPSA) is 32.3 Å². The van der Waals surface area contributed by atoms with E-state index in [0.29, 0.717) is 6.54 Å². The highest BCUT2D eigenvalue weighted by Crippen LogP contribution is 2.19. The van der Waals surface area contributed by atoms with Crippen LogP contribution in [0.25, 0.3) is 0 Å². The first-order valence-corrected chi connectivity index (χ1v) is 7.26. The van der Waals surface area contributed by atoms with Gasteiger partial charge in [0.05, 0.1) is 0 Å². The first kappa shape index (κ1) is 14.9. The normalized spacial score (nSPS) is 11.1. The van der Waals surface area contributed by atoms with Crippen LogP contribution < -0.4 is 4.90 Å². The molecule has 1 aromatic heterocycles. The summed E-state index contributed by atoms with van der Waals surface area (Å²) in [5, 5.41) is 0.911. The fraction of sp³-hybridized carbons (Fsp3) is 0.429. The zero-order chi connectivity index (χ0) is 14.5. The van der Waals surface area contributed by atoms with Gasteiger partial charge < -0.3 is 9.80 Å². The average Bonchev–Trinajstić information content (AvgIpc) is 2.83. The molecule has 0 amide bonds. The number of likely N-dealkylation sites (N-methyl/N-ethyl adjacent to an activating group) is 1. The molecule has 2 aromatic rings. The molecular weight excluding hydrogens is 275 g/mol. The van der Waals surface area contributed by atoms with E-state index >= 15 is 0 Å². The van der Waals surface area contributed by atoms with Crippen molar-refractivity contribution in [1.29, 1.82) is 0 Å². The Labute approximate surface area is 123 Å². The van der Waals surface area contributed by atoms with Gasteiger partial charge in [-0.05, 0) is 38.7 Å². The highest BCUT2D eigenvalue weighted by molar-refractivity contribution is 7.09. The second-order valence-electron chi connectivity index (χ2n) is 4.98. The first-order valence-electron chi connectivity index (χ1n) is 6.49. The number of benzene rings is 1. The third-order valence-corrected chi connectivity index (χ3v) is 3.76. The smallest absolute Gasteiger partial charge is 0.205 e. The molecule has 0 aliphatic carbocycles. The summed E-state index contributed by atoms with van der Waals surface area (Å²) in [6, 6.07) is 6.60. The van der Waals surface area contributed by atoms with Gasteiger partial charge in [0, 0.05) is 31.2 Å². The van der Waals surface area contributed by atoms with Gasteiger partial charge in [-0.1, -0.05) is 12.1 Å². The van der Waals surface area contributed by atoms with Crippen molar-refractivity contribution in [2.24, 2.45) is 0 Å². The van der Waals surface area contributed by atoms with Gasteiger partial charge in [-0.15, -0.1) is 0 Å². The van der Waals surface area contributed by atoms with Gasteiger partial charge in [-0.25, -0.2) is 9.37 Å². The minimum absolute atomic E-state index is 0.208. The summed E-state index contributed by atoms with van der Waals surface area (Å²) in [5.74, 6) is 0.583. The third-order valence-electron chi connectivity index (χ3n) is 2.89. The molecule has 1 aromatic carbocycles. The maximum absolute atomic E-state index is 13.0. The second kappa shape index (κ2) is 6.76. The van der Waals surface area contributed by atoms with E-state index < -0.39 is 0 Å². The Morgan fingerprint density at radius 1 is 1.15 bits per heavy atom. The van der Waals surface area contributed by atoms with Crippen molar-refractivity contribution in [2.45, 2.75) is 13.5 Å². The van der Waals surface area contributed by atoms with Crippen LogP contribution in [-0.2, 0) is 6.54 Å². The molecule has 0 saturated heterocycles. The predicted molar refractivity (Wildman–Crippen MR) is 80.7 cm³/mol. The molecule has 1 heterocycles. The summed E-state index contributed by atoms with van der Waals surface area (Å²) in [5.41, 5.74) is 1.07. The number of anilines is 1. The Hall–Kier alpha value is -1.53. The highest BCUT2D eigenvalue weighted by atomic mass is 32.1. The summed E-state index contributed by atoms with van der Waals surface area (Å²) < 4.78 is 17.2. The van der Waals surface area contributed by atoms with Gasteiger partial charge in [0.1, 0.15) is 11.6 Å². The standard InChI is InChI=1S/C14H19FN4S/c1-11-16-14(20-17-11)19(9-8-18(2)3)10-12-4-6-13(15)7-5-12/h4-7H,8-10H2,1-3H3. The van der Waals surface area contributed by atoms with Crippen molar-refractivity contribution >= 4 is 16.7 Å². The molecule has 0 atom stereocenters. The molecule has 0 fully saturated rings. The monoisotopic (exact) mass is 294 g/mol. The molecule has 20 heavy (non-hydrogen) atoms. The fourth-order valence-corrected chi connectivity index (χ4v) is 2.49. The fourth-order valence-electron chi connectivity index (χ4n) is 1.79. The minimum atomic E-state index is -0.208. The zero-order valence-electron chi connectivity index (χ0n) is 12.0. The van der Waals surface area contributed by atoms with E-state index in [2.05, 4.69) is 19.2 Å². The summed E-state index contributed by atoms with van der Waals surface area (Å²) >= 11 is 1.40. The van der Waals surface area contributed by atoms with E-state index in [1.807, 2.05) is 33.2 Å². The molecule has 0 spiro atoms. The van der Waals surface area contributed by atoms with Crippen LogP contribution in [0.4, 0.5) is 9.52 Å². The van der Waals surface area contributed by atoms with Crippen LogP contribution in [0.15, 0.2) is 24.3 Å². The number of halogens is 1. The molecule has 108 valence electrons. The van der Waals surface area contributed by atoms with E-state index in [1.54, 1.807) is 0 Å². The van der Waals surface area contributed by atoms with Crippen LogP contribution in [0.2, 0.25) is 0 Å². The molecule has 2 rings (SSSR count). The highest BCUT2D eigenvalue weighted by Gasteiger charge is 2.12. The van der Waals surface area contributed by atoms with E-state index in [9.17, 15) is 4.39 Å². The van der Waals surface area contributed by atoms with Crippen molar-refractivity contribution < 1.29 is 4.39 Å². The molecule has 0 N–H and O–H groups in total. The maximum atomic E-state index is 13.0. The summed E-state index contributed by atoms with van der Waals surface area (Å²) in [7, 11) is 4.09. The summed E-state index contributed by atoms with van der Waals surface area (Å²) in [6.07, 6.45) is 0. The number of aromatic nitrogens is 2. The Kier molecular flexibility index (Phi) is 5.03. The first-order chi connectivity index (χ1) is 9.54. The lowest BCUT2D eigenvalue weighted by atomic mass is 10.2. The number of aryl methyl sites for hydroxylation is 1. The van der Waals surface area contributed by atoms with Gasteiger partial charge in [0.15, 0.2) is 0 Å². The van der Waals surface area contributed by atoms with Crippen LogP contribution >= 0.6 is 11.5 Å². The van der Waals surface area contributed by atoms with Crippen LogP contribution in [0.1, 0.15) is 11.4 Å². The van der Waals surface area contributed by atoms with Crippen LogP contribution in [0.3, 0.4) is 0 Å². The minimum Gasteiger partial charge on any atom is -0.341 e. The molecule has 4 nitrogen and oxygen atoms in total. The Morgan fingerprint density at radius 2 is 1.85 bits per heavy atom. The van der Waals surface area contributed by atoms with Gasteiger partial charge in [0.25, 0.3) is 0 Å². The van der Waals surface area contributed by atoms with Gasteiger partial charge >= 0.3 is 0 Å². The quantitative estimate of drug-likeness (QED) is 0.819. The Morgan fingerprint density at radius 3 is 2.40 bits per heavy atom. The molecule has 0 radical (unpaired) electrons. The lowest BCUT2D eigenvalue weighted by Gasteiger charge is -2.23. The molecule has 6 heteroatoms.